The van der Waals surface area contributed by atoms with E-state index in [4.69, 9.17) is 16.6 Å². The highest BCUT2D eigenvalue weighted by Gasteiger charge is 2.45. The summed E-state index contributed by atoms with van der Waals surface area (Å²) in [5.74, 6) is -4.81. The van der Waals surface area contributed by atoms with Crippen LogP contribution in [0.4, 0.5) is 0 Å². The normalized spacial score (nSPS) is 17.1. The minimum atomic E-state index is -1.76. The molecule has 0 radical (unpaired) electrons. The molecule has 1 aliphatic heterocycles. The third-order valence-corrected chi connectivity index (χ3v) is 5.70. The lowest BCUT2D eigenvalue weighted by atomic mass is 9.94. The van der Waals surface area contributed by atoms with E-state index in [9.17, 15) is 24.6 Å². The number of carboxylic acids is 2. The van der Waals surface area contributed by atoms with Gasteiger partial charge in [-0.05, 0) is 18.6 Å². The van der Waals surface area contributed by atoms with Gasteiger partial charge in [0.1, 0.15) is 15.7 Å². The predicted molar refractivity (Wildman–Crippen MR) is 109 cm³/mol. The number of nitrogens with zero attached hydrogens (tertiary/aromatic N) is 1. The van der Waals surface area contributed by atoms with E-state index in [0.717, 1.165) is 22.0 Å². The summed E-state index contributed by atoms with van der Waals surface area (Å²) in [6.07, 6.45) is 2.24. The Morgan fingerprint density at radius 1 is 1.29 bits per heavy atom. The number of carbonyl (C=O) groups is 3. The molecule has 0 bridgehead atoms. The SMILES string of the molecule is CCCC(C(C(=O)O)C(=O)O)N1C(=O)/C(=C/c2cc3ccccc3o2)SC1=S. The lowest BCUT2D eigenvalue weighted by molar-refractivity contribution is -0.157. The molecule has 1 saturated heterocycles. The number of aliphatic carboxylic acids is 2. The predicted octanol–water partition coefficient (Wildman–Crippen LogP) is 3.59. The van der Waals surface area contributed by atoms with Crippen molar-refractivity contribution in [1.29, 1.82) is 0 Å². The first-order valence-electron chi connectivity index (χ1n) is 8.54. The quantitative estimate of drug-likeness (QED) is 0.398. The van der Waals surface area contributed by atoms with Gasteiger partial charge in [-0.25, -0.2) is 0 Å². The highest BCUT2D eigenvalue weighted by molar-refractivity contribution is 8.26. The van der Waals surface area contributed by atoms with Crippen LogP contribution in [0.25, 0.3) is 17.0 Å². The van der Waals surface area contributed by atoms with Crippen LogP contribution in [0.3, 0.4) is 0 Å². The van der Waals surface area contributed by atoms with Crippen LogP contribution >= 0.6 is 24.0 Å². The van der Waals surface area contributed by atoms with Gasteiger partial charge in [0.15, 0.2) is 5.92 Å². The van der Waals surface area contributed by atoms with Gasteiger partial charge in [0.2, 0.25) is 0 Å². The maximum Gasteiger partial charge on any atom is 0.320 e. The number of carboxylic acid groups (broad SMARTS) is 2. The highest BCUT2D eigenvalue weighted by atomic mass is 32.2. The van der Waals surface area contributed by atoms with Crippen LogP contribution in [0.5, 0.6) is 0 Å². The molecule has 1 amide bonds. The van der Waals surface area contributed by atoms with Crippen molar-refractivity contribution < 1.29 is 29.0 Å². The molecule has 3 rings (SSSR count). The Labute approximate surface area is 170 Å². The molecule has 2 heterocycles. The minimum absolute atomic E-state index is 0.137. The van der Waals surface area contributed by atoms with Crippen molar-refractivity contribution >= 4 is 63.2 Å². The van der Waals surface area contributed by atoms with Crippen molar-refractivity contribution in [3.8, 4) is 0 Å². The Hall–Kier alpha value is -2.65. The molecule has 2 N–H and O–H groups in total. The van der Waals surface area contributed by atoms with Gasteiger partial charge in [-0.1, -0.05) is 55.5 Å². The second kappa shape index (κ2) is 8.15. The summed E-state index contributed by atoms with van der Waals surface area (Å²) in [4.78, 5) is 37.3. The number of hydrogen-bond donors (Lipinski definition) is 2. The van der Waals surface area contributed by atoms with E-state index in [0.29, 0.717) is 17.8 Å². The molecule has 0 aliphatic carbocycles. The smallest absolute Gasteiger partial charge is 0.320 e. The fourth-order valence-electron chi connectivity index (χ4n) is 3.14. The summed E-state index contributed by atoms with van der Waals surface area (Å²) in [7, 11) is 0. The number of fused-ring (bicyclic) bond motifs is 1. The monoisotopic (exact) mass is 419 g/mol. The van der Waals surface area contributed by atoms with Crippen molar-refractivity contribution in [3.05, 3.63) is 41.0 Å². The van der Waals surface area contributed by atoms with E-state index in [2.05, 4.69) is 0 Å². The molecule has 9 heteroatoms. The fraction of sp³-hybridized carbons (Fsp3) is 0.263. The van der Waals surface area contributed by atoms with E-state index in [1.54, 1.807) is 25.1 Å². The maximum atomic E-state index is 12.9. The van der Waals surface area contributed by atoms with Crippen LogP contribution in [0.1, 0.15) is 25.5 Å². The fourth-order valence-corrected chi connectivity index (χ4v) is 4.50. The number of carbonyl (C=O) groups excluding carboxylic acids is 1. The molecule has 1 aromatic carbocycles. The molecule has 2 aromatic rings. The lowest BCUT2D eigenvalue weighted by Crippen LogP contribution is -2.48. The average molecular weight is 419 g/mol. The zero-order valence-electron chi connectivity index (χ0n) is 14.8. The van der Waals surface area contributed by atoms with Crippen molar-refractivity contribution in [1.82, 2.24) is 4.90 Å². The molecule has 0 saturated carbocycles. The van der Waals surface area contributed by atoms with Crippen molar-refractivity contribution in [2.24, 2.45) is 5.92 Å². The number of rotatable bonds is 7. The second-order valence-electron chi connectivity index (χ2n) is 6.25. The van der Waals surface area contributed by atoms with Crippen LogP contribution in [0, 0.1) is 5.92 Å². The first kappa shape index (κ1) is 20.1. The number of amides is 1. The summed E-state index contributed by atoms with van der Waals surface area (Å²) in [6.45, 7) is 1.79. The summed E-state index contributed by atoms with van der Waals surface area (Å²) < 4.78 is 5.83. The Bertz CT molecular complexity index is 948. The van der Waals surface area contributed by atoms with Crippen LogP contribution in [-0.2, 0) is 14.4 Å². The molecule has 1 atom stereocenters. The number of thioether (sulfide) groups is 1. The maximum absolute atomic E-state index is 12.9. The molecule has 1 aliphatic rings. The zero-order valence-corrected chi connectivity index (χ0v) is 16.5. The van der Waals surface area contributed by atoms with Gasteiger partial charge in [-0.3, -0.25) is 19.3 Å². The van der Waals surface area contributed by atoms with Gasteiger partial charge in [0.05, 0.1) is 10.9 Å². The van der Waals surface area contributed by atoms with Gasteiger partial charge in [-0.15, -0.1) is 0 Å². The first-order valence-corrected chi connectivity index (χ1v) is 9.77. The van der Waals surface area contributed by atoms with Crippen molar-refractivity contribution in [2.75, 3.05) is 0 Å². The summed E-state index contributed by atoms with van der Waals surface area (Å²) in [5, 5.41) is 19.6. The number of benzene rings is 1. The van der Waals surface area contributed by atoms with Gasteiger partial charge in [0.25, 0.3) is 5.91 Å². The molecular formula is C19H17NO6S2. The molecule has 1 fully saturated rings. The van der Waals surface area contributed by atoms with Gasteiger partial charge < -0.3 is 14.6 Å². The van der Waals surface area contributed by atoms with E-state index in [-0.39, 0.29) is 15.6 Å². The Kier molecular flexibility index (Phi) is 5.85. The summed E-state index contributed by atoms with van der Waals surface area (Å²) in [5.41, 5.74) is 0.671. The van der Waals surface area contributed by atoms with Crippen molar-refractivity contribution in [3.63, 3.8) is 0 Å². The van der Waals surface area contributed by atoms with E-state index in [1.165, 1.54) is 0 Å². The van der Waals surface area contributed by atoms with Crippen molar-refractivity contribution in [2.45, 2.75) is 25.8 Å². The third kappa shape index (κ3) is 3.81. The van der Waals surface area contributed by atoms with Gasteiger partial charge in [0, 0.05) is 11.5 Å². The largest absolute Gasteiger partial charge is 0.481 e. The average Bonchev–Trinajstić information content (AvgIpc) is 3.14. The van der Waals surface area contributed by atoms with Crippen LogP contribution in [-0.4, -0.2) is 43.3 Å². The number of thiocarbonyl (C=S) groups is 1. The topological polar surface area (TPSA) is 108 Å². The molecular weight excluding hydrogens is 402 g/mol. The van der Waals surface area contributed by atoms with E-state index < -0.39 is 29.8 Å². The Morgan fingerprint density at radius 2 is 1.96 bits per heavy atom. The van der Waals surface area contributed by atoms with Gasteiger partial charge >= 0.3 is 11.9 Å². The standard InChI is InChI=1S/C19H17NO6S2/c1-2-5-12(15(17(22)23)18(24)25)20-16(21)14(28-19(20)27)9-11-8-10-6-3-4-7-13(10)26-11/h3-4,6-9,12,15H,2,5H2,1H3,(H,22,23)(H,24,25)/b14-9-. The Balaban J connectivity index is 1.94. The molecule has 0 spiro atoms. The van der Waals surface area contributed by atoms with Crippen LogP contribution in [0.2, 0.25) is 0 Å². The molecule has 1 unspecified atom stereocenters. The molecule has 146 valence electrons. The zero-order chi connectivity index (χ0) is 20.4. The third-order valence-electron chi connectivity index (χ3n) is 4.37. The lowest BCUT2D eigenvalue weighted by Gasteiger charge is -2.29. The van der Waals surface area contributed by atoms with Gasteiger partial charge in [-0.2, -0.15) is 0 Å². The molecule has 28 heavy (non-hydrogen) atoms. The Morgan fingerprint density at radius 3 is 2.57 bits per heavy atom. The summed E-state index contributed by atoms with van der Waals surface area (Å²) in [6, 6.07) is 8.11. The number of para-hydroxylation sites is 1. The highest BCUT2D eigenvalue weighted by Crippen LogP contribution is 2.37. The number of furan rings is 1. The second-order valence-corrected chi connectivity index (χ2v) is 7.92. The first-order chi connectivity index (χ1) is 13.3. The molecule has 1 aromatic heterocycles. The molecule has 7 nitrogen and oxygen atoms in total. The van der Waals surface area contributed by atoms with E-state index >= 15 is 0 Å². The van der Waals surface area contributed by atoms with Crippen LogP contribution in [0.15, 0.2) is 39.7 Å². The van der Waals surface area contributed by atoms with Crippen LogP contribution < -0.4 is 0 Å². The summed E-state index contributed by atoms with van der Waals surface area (Å²) >= 11 is 6.27. The number of hydrogen-bond acceptors (Lipinski definition) is 6. The van der Waals surface area contributed by atoms with E-state index in [1.807, 2.05) is 18.2 Å². The minimum Gasteiger partial charge on any atom is -0.481 e.